The number of rotatable bonds is 4. The molecule has 0 aliphatic heterocycles. The van der Waals surface area contributed by atoms with Crippen molar-refractivity contribution in [1.82, 2.24) is 5.32 Å². The van der Waals surface area contributed by atoms with Crippen molar-refractivity contribution in [2.24, 2.45) is 11.3 Å². The highest BCUT2D eigenvalue weighted by Gasteiger charge is 2.44. The summed E-state index contributed by atoms with van der Waals surface area (Å²) in [7, 11) is 0. The summed E-state index contributed by atoms with van der Waals surface area (Å²) in [6.45, 7) is 7.62. The molecule has 2 unspecified atom stereocenters. The summed E-state index contributed by atoms with van der Waals surface area (Å²) in [4.78, 5) is 0. The SMILES string of the molecule is CC(NCC1CC1(C)C)c1ccc(Cl)c(F)c1. The number of hydrogen-bond acceptors (Lipinski definition) is 1. The molecule has 1 N–H and O–H groups in total. The molecule has 3 heteroatoms. The van der Waals surface area contributed by atoms with Crippen molar-refractivity contribution in [2.75, 3.05) is 6.54 Å². The van der Waals surface area contributed by atoms with Gasteiger partial charge >= 0.3 is 0 Å². The summed E-state index contributed by atoms with van der Waals surface area (Å²) in [6.07, 6.45) is 1.28. The molecule has 1 aromatic carbocycles. The Morgan fingerprint density at radius 1 is 1.53 bits per heavy atom. The van der Waals surface area contributed by atoms with E-state index in [1.807, 2.05) is 6.07 Å². The van der Waals surface area contributed by atoms with Crippen LogP contribution in [-0.4, -0.2) is 6.54 Å². The van der Waals surface area contributed by atoms with Gasteiger partial charge in [-0.15, -0.1) is 0 Å². The minimum Gasteiger partial charge on any atom is -0.310 e. The Balaban J connectivity index is 1.91. The normalized spacial score (nSPS) is 23.5. The van der Waals surface area contributed by atoms with E-state index in [2.05, 4.69) is 26.1 Å². The molecule has 2 atom stereocenters. The van der Waals surface area contributed by atoms with Gasteiger partial charge in [0, 0.05) is 6.04 Å². The fourth-order valence-electron chi connectivity index (χ4n) is 2.14. The first-order chi connectivity index (χ1) is 7.90. The fourth-order valence-corrected chi connectivity index (χ4v) is 2.26. The molecule has 0 saturated heterocycles. The van der Waals surface area contributed by atoms with Crippen molar-refractivity contribution >= 4 is 11.6 Å². The molecular weight excluding hydrogens is 237 g/mol. The molecule has 0 bridgehead atoms. The Kier molecular flexibility index (Phi) is 3.46. The average Bonchev–Trinajstić information content (AvgIpc) is 2.87. The highest BCUT2D eigenvalue weighted by Crippen LogP contribution is 2.51. The quantitative estimate of drug-likeness (QED) is 0.851. The van der Waals surface area contributed by atoms with E-state index in [0.717, 1.165) is 18.0 Å². The minimum absolute atomic E-state index is 0.165. The van der Waals surface area contributed by atoms with Gasteiger partial charge in [-0.25, -0.2) is 4.39 Å². The Bertz CT molecular complexity index is 417. The van der Waals surface area contributed by atoms with E-state index < -0.39 is 0 Å². The first-order valence-electron chi connectivity index (χ1n) is 6.08. The Hall–Kier alpha value is -0.600. The van der Waals surface area contributed by atoms with Crippen LogP contribution in [0, 0.1) is 17.2 Å². The van der Waals surface area contributed by atoms with Crippen molar-refractivity contribution < 1.29 is 4.39 Å². The van der Waals surface area contributed by atoms with Gasteiger partial charge in [0.1, 0.15) is 5.82 Å². The molecule has 1 saturated carbocycles. The molecule has 1 nitrogen and oxygen atoms in total. The summed E-state index contributed by atoms with van der Waals surface area (Å²) in [5.74, 6) is 0.409. The lowest BCUT2D eigenvalue weighted by Gasteiger charge is -2.15. The van der Waals surface area contributed by atoms with Crippen LogP contribution in [0.5, 0.6) is 0 Å². The minimum atomic E-state index is -0.343. The lowest BCUT2D eigenvalue weighted by atomic mass is 10.1. The zero-order valence-electron chi connectivity index (χ0n) is 10.6. The molecule has 1 aliphatic rings. The van der Waals surface area contributed by atoms with Gasteiger partial charge in [-0.2, -0.15) is 0 Å². The van der Waals surface area contributed by atoms with Gasteiger partial charge in [-0.1, -0.05) is 31.5 Å². The predicted molar refractivity (Wildman–Crippen MR) is 69.7 cm³/mol. The van der Waals surface area contributed by atoms with Crippen molar-refractivity contribution in [3.05, 3.63) is 34.6 Å². The summed E-state index contributed by atoms with van der Waals surface area (Å²) < 4.78 is 13.3. The summed E-state index contributed by atoms with van der Waals surface area (Å²) in [5, 5.41) is 3.64. The second kappa shape index (κ2) is 4.58. The molecule has 0 amide bonds. The van der Waals surface area contributed by atoms with Crippen molar-refractivity contribution in [2.45, 2.75) is 33.2 Å². The van der Waals surface area contributed by atoms with E-state index in [9.17, 15) is 4.39 Å². The molecule has 1 fully saturated rings. The smallest absolute Gasteiger partial charge is 0.142 e. The van der Waals surface area contributed by atoms with Crippen LogP contribution in [0.1, 0.15) is 38.8 Å². The monoisotopic (exact) mass is 255 g/mol. The molecule has 1 aromatic rings. The van der Waals surface area contributed by atoms with Gasteiger partial charge in [0.05, 0.1) is 5.02 Å². The van der Waals surface area contributed by atoms with E-state index in [1.54, 1.807) is 6.07 Å². The van der Waals surface area contributed by atoms with Crippen molar-refractivity contribution in [1.29, 1.82) is 0 Å². The van der Waals surface area contributed by atoms with Crippen molar-refractivity contribution in [3.63, 3.8) is 0 Å². The van der Waals surface area contributed by atoms with Crippen LogP contribution in [0.25, 0.3) is 0 Å². The average molecular weight is 256 g/mol. The van der Waals surface area contributed by atoms with E-state index in [4.69, 9.17) is 11.6 Å². The maximum Gasteiger partial charge on any atom is 0.142 e. The molecule has 17 heavy (non-hydrogen) atoms. The second-order valence-corrected chi connectivity index (χ2v) is 6.10. The molecule has 0 heterocycles. The van der Waals surface area contributed by atoms with Gasteiger partial charge in [-0.05, 0) is 48.9 Å². The Morgan fingerprint density at radius 3 is 2.71 bits per heavy atom. The third-order valence-electron chi connectivity index (χ3n) is 3.83. The number of nitrogens with one attached hydrogen (secondary N) is 1. The zero-order chi connectivity index (χ0) is 12.6. The molecule has 0 radical (unpaired) electrons. The number of hydrogen-bond donors (Lipinski definition) is 1. The third-order valence-corrected chi connectivity index (χ3v) is 4.14. The zero-order valence-corrected chi connectivity index (χ0v) is 11.3. The van der Waals surface area contributed by atoms with Crippen LogP contribution in [0.15, 0.2) is 18.2 Å². The first kappa shape index (κ1) is 12.8. The summed E-state index contributed by atoms with van der Waals surface area (Å²) in [5.41, 5.74) is 1.43. The Labute approximate surface area is 107 Å². The van der Waals surface area contributed by atoms with Crippen LogP contribution < -0.4 is 5.32 Å². The summed E-state index contributed by atoms with van der Waals surface area (Å²) in [6, 6.07) is 5.17. The van der Waals surface area contributed by atoms with Gasteiger partial charge in [0.15, 0.2) is 0 Å². The number of halogens is 2. The highest BCUT2D eigenvalue weighted by molar-refractivity contribution is 6.30. The van der Waals surface area contributed by atoms with E-state index >= 15 is 0 Å². The second-order valence-electron chi connectivity index (χ2n) is 5.69. The Morgan fingerprint density at radius 2 is 2.18 bits per heavy atom. The predicted octanol–water partition coefficient (Wildman–Crippen LogP) is 4.18. The van der Waals surface area contributed by atoms with E-state index in [0.29, 0.717) is 5.41 Å². The van der Waals surface area contributed by atoms with Crippen LogP contribution >= 0.6 is 11.6 Å². The standard InChI is InChI=1S/C14H19ClFN/c1-9(17-8-11-7-14(11,2)3)10-4-5-12(15)13(16)6-10/h4-6,9,11,17H,7-8H2,1-3H3. The fraction of sp³-hybridized carbons (Fsp3) is 0.571. The maximum absolute atomic E-state index is 13.3. The van der Waals surface area contributed by atoms with Gasteiger partial charge < -0.3 is 5.32 Å². The molecular formula is C14H19ClFN. The van der Waals surface area contributed by atoms with Gasteiger partial charge in [0.2, 0.25) is 0 Å². The van der Waals surface area contributed by atoms with E-state index in [-0.39, 0.29) is 16.9 Å². The molecule has 94 valence electrons. The molecule has 2 rings (SSSR count). The topological polar surface area (TPSA) is 12.0 Å². The van der Waals surface area contributed by atoms with Crippen LogP contribution in [-0.2, 0) is 0 Å². The summed E-state index contributed by atoms with van der Waals surface area (Å²) >= 11 is 5.66. The maximum atomic E-state index is 13.3. The molecule has 0 spiro atoms. The lowest BCUT2D eigenvalue weighted by Crippen LogP contribution is -2.22. The highest BCUT2D eigenvalue weighted by atomic mass is 35.5. The van der Waals surface area contributed by atoms with Crippen molar-refractivity contribution in [3.8, 4) is 0 Å². The third kappa shape index (κ3) is 2.99. The van der Waals surface area contributed by atoms with Gasteiger partial charge in [0.25, 0.3) is 0 Å². The largest absolute Gasteiger partial charge is 0.310 e. The van der Waals surface area contributed by atoms with Crippen LogP contribution in [0.3, 0.4) is 0 Å². The van der Waals surface area contributed by atoms with E-state index in [1.165, 1.54) is 12.5 Å². The van der Waals surface area contributed by atoms with Crippen LogP contribution in [0.2, 0.25) is 5.02 Å². The van der Waals surface area contributed by atoms with Gasteiger partial charge in [-0.3, -0.25) is 0 Å². The molecule has 0 aromatic heterocycles. The number of benzene rings is 1. The lowest BCUT2D eigenvalue weighted by molar-refractivity contribution is 0.483. The van der Waals surface area contributed by atoms with Crippen LogP contribution in [0.4, 0.5) is 4.39 Å². The first-order valence-corrected chi connectivity index (χ1v) is 6.46. The molecule has 1 aliphatic carbocycles.